The number of carbonyl (C=O) groups is 1. The Morgan fingerprint density at radius 3 is 2.57 bits per heavy atom. The van der Waals surface area contributed by atoms with Crippen molar-refractivity contribution < 1.29 is 19.7 Å². The van der Waals surface area contributed by atoms with Crippen LogP contribution < -0.4 is 5.32 Å². The Kier molecular flexibility index (Phi) is 4.71. The van der Waals surface area contributed by atoms with E-state index in [4.69, 9.17) is 9.84 Å². The van der Waals surface area contributed by atoms with Crippen LogP contribution in [0.25, 0.3) is 11.1 Å². The second-order valence-corrected chi connectivity index (χ2v) is 5.63. The van der Waals surface area contributed by atoms with E-state index in [2.05, 4.69) is 5.32 Å². The molecule has 3 N–H and O–H groups in total. The summed E-state index contributed by atoms with van der Waals surface area (Å²) in [6.45, 7) is 0.660. The van der Waals surface area contributed by atoms with Crippen molar-refractivity contribution in [3.63, 3.8) is 0 Å². The quantitative estimate of drug-likeness (QED) is 0.782. The fraction of sp³-hybridized carbons (Fsp3) is 0.278. The first kappa shape index (κ1) is 15.7. The Morgan fingerprint density at radius 1 is 1.13 bits per heavy atom. The zero-order valence-electron chi connectivity index (χ0n) is 12.6. The topological polar surface area (TPSA) is 78.8 Å². The fourth-order valence-electron chi connectivity index (χ4n) is 2.76. The van der Waals surface area contributed by atoms with Gasteiger partial charge in [-0.15, -0.1) is 0 Å². The maximum absolute atomic E-state index is 11.0. The summed E-state index contributed by atoms with van der Waals surface area (Å²) >= 11 is 0. The lowest BCUT2D eigenvalue weighted by Crippen LogP contribution is -2.40. The Bertz CT molecular complexity index is 674. The van der Waals surface area contributed by atoms with E-state index >= 15 is 0 Å². The van der Waals surface area contributed by atoms with Crippen LogP contribution in [0.2, 0.25) is 0 Å². The number of benzene rings is 2. The van der Waals surface area contributed by atoms with Crippen molar-refractivity contribution in [1.29, 1.82) is 0 Å². The van der Waals surface area contributed by atoms with Gasteiger partial charge < -0.3 is 14.9 Å². The van der Waals surface area contributed by atoms with E-state index in [1.54, 1.807) is 0 Å². The zero-order valence-corrected chi connectivity index (χ0v) is 12.6. The third-order valence-electron chi connectivity index (χ3n) is 4.03. The summed E-state index contributed by atoms with van der Waals surface area (Å²) in [5.41, 5.74) is 3.21. The average Bonchev–Trinajstić information content (AvgIpc) is 2.95. The molecule has 1 saturated heterocycles. The van der Waals surface area contributed by atoms with Gasteiger partial charge in [-0.3, -0.25) is 10.1 Å². The van der Waals surface area contributed by atoms with E-state index in [1.165, 1.54) is 0 Å². The van der Waals surface area contributed by atoms with Gasteiger partial charge in [0, 0.05) is 6.54 Å². The first-order valence-corrected chi connectivity index (χ1v) is 7.55. The van der Waals surface area contributed by atoms with Crippen LogP contribution in [0.5, 0.6) is 0 Å². The van der Waals surface area contributed by atoms with Gasteiger partial charge >= 0.3 is 5.97 Å². The van der Waals surface area contributed by atoms with Crippen LogP contribution in [0, 0.1) is 0 Å². The summed E-state index contributed by atoms with van der Waals surface area (Å²) in [5, 5.41) is 21.7. The first-order chi connectivity index (χ1) is 11.1. The Hall–Kier alpha value is -2.21. The minimum Gasteiger partial charge on any atom is -0.480 e. The van der Waals surface area contributed by atoms with E-state index in [-0.39, 0.29) is 0 Å². The second-order valence-electron chi connectivity index (χ2n) is 5.63. The van der Waals surface area contributed by atoms with Crippen LogP contribution in [0.1, 0.15) is 5.56 Å². The number of aliphatic hydroxyl groups excluding tert-OH is 1. The Morgan fingerprint density at radius 2 is 1.87 bits per heavy atom. The van der Waals surface area contributed by atoms with Crippen LogP contribution in [-0.4, -0.2) is 41.0 Å². The third-order valence-corrected chi connectivity index (χ3v) is 4.03. The SMILES string of the molecule is O=C(O)[C@@H]1NC[C@H](OCc2cccc(-c3ccccc3)c2)[C@H]1O. The molecule has 1 heterocycles. The van der Waals surface area contributed by atoms with Crippen molar-refractivity contribution in [3.05, 3.63) is 60.2 Å². The van der Waals surface area contributed by atoms with Gasteiger partial charge in [-0.1, -0.05) is 48.5 Å². The van der Waals surface area contributed by atoms with E-state index in [1.807, 2.05) is 54.6 Å². The van der Waals surface area contributed by atoms with E-state index in [0.29, 0.717) is 13.2 Å². The summed E-state index contributed by atoms with van der Waals surface area (Å²) in [6.07, 6.45) is -1.55. The molecule has 120 valence electrons. The number of carboxylic acids is 1. The lowest BCUT2D eigenvalue weighted by molar-refractivity contribution is -0.142. The number of ether oxygens (including phenoxy) is 1. The van der Waals surface area contributed by atoms with Crippen molar-refractivity contribution in [1.82, 2.24) is 5.32 Å². The lowest BCUT2D eigenvalue weighted by atomic mass is 10.0. The minimum atomic E-state index is -1.06. The summed E-state index contributed by atoms with van der Waals surface area (Å²) in [7, 11) is 0. The van der Waals surface area contributed by atoms with Gasteiger partial charge in [0.05, 0.1) is 12.7 Å². The number of hydrogen-bond acceptors (Lipinski definition) is 4. The molecule has 23 heavy (non-hydrogen) atoms. The highest BCUT2D eigenvalue weighted by atomic mass is 16.5. The summed E-state index contributed by atoms with van der Waals surface area (Å²) in [6, 6.07) is 17.1. The van der Waals surface area contributed by atoms with Crippen LogP contribution in [-0.2, 0) is 16.1 Å². The number of nitrogens with one attached hydrogen (secondary N) is 1. The molecular weight excluding hydrogens is 294 g/mol. The lowest BCUT2D eigenvalue weighted by Gasteiger charge is -2.17. The minimum absolute atomic E-state index is 0.330. The highest BCUT2D eigenvalue weighted by Crippen LogP contribution is 2.21. The largest absolute Gasteiger partial charge is 0.480 e. The Balaban J connectivity index is 1.64. The summed E-state index contributed by atoms with van der Waals surface area (Å²) < 4.78 is 5.70. The molecule has 0 unspecified atom stereocenters. The van der Waals surface area contributed by atoms with Crippen molar-refractivity contribution in [2.45, 2.75) is 24.9 Å². The molecule has 0 bridgehead atoms. The molecule has 0 saturated carbocycles. The predicted molar refractivity (Wildman–Crippen MR) is 85.9 cm³/mol. The molecule has 3 atom stereocenters. The van der Waals surface area contributed by atoms with Crippen LogP contribution in [0.4, 0.5) is 0 Å². The van der Waals surface area contributed by atoms with Crippen LogP contribution >= 0.6 is 0 Å². The highest BCUT2D eigenvalue weighted by Gasteiger charge is 2.39. The number of hydrogen-bond donors (Lipinski definition) is 3. The normalized spacial score (nSPS) is 23.8. The maximum Gasteiger partial charge on any atom is 0.323 e. The van der Waals surface area contributed by atoms with Gasteiger partial charge in [-0.2, -0.15) is 0 Å². The third kappa shape index (κ3) is 3.59. The van der Waals surface area contributed by atoms with Gasteiger partial charge in [0.15, 0.2) is 0 Å². The van der Waals surface area contributed by atoms with Gasteiger partial charge in [0.25, 0.3) is 0 Å². The molecule has 5 nitrogen and oxygen atoms in total. The highest BCUT2D eigenvalue weighted by molar-refractivity contribution is 5.75. The van der Waals surface area contributed by atoms with Crippen molar-refractivity contribution in [3.8, 4) is 11.1 Å². The molecule has 0 radical (unpaired) electrons. The van der Waals surface area contributed by atoms with Crippen molar-refractivity contribution >= 4 is 5.97 Å². The Labute approximate surface area is 134 Å². The van der Waals surface area contributed by atoms with Crippen molar-refractivity contribution in [2.75, 3.05) is 6.54 Å². The molecule has 2 aromatic carbocycles. The van der Waals surface area contributed by atoms with E-state index in [9.17, 15) is 9.90 Å². The molecule has 3 rings (SSSR count). The standard InChI is InChI=1S/C18H19NO4/c20-17-15(10-19-16(17)18(21)22)23-11-12-5-4-8-14(9-12)13-6-2-1-3-7-13/h1-9,15-17,19-20H,10-11H2,(H,21,22)/t15-,16+,17+/m0/s1. The number of aliphatic hydroxyl groups is 1. The summed E-state index contributed by atoms with van der Waals surface area (Å²) in [5.74, 6) is -1.06. The maximum atomic E-state index is 11.0. The fourth-order valence-corrected chi connectivity index (χ4v) is 2.76. The molecule has 1 fully saturated rings. The molecular formula is C18H19NO4. The smallest absolute Gasteiger partial charge is 0.323 e. The van der Waals surface area contributed by atoms with Gasteiger partial charge in [-0.25, -0.2) is 0 Å². The van der Waals surface area contributed by atoms with Crippen LogP contribution in [0.3, 0.4) is 0 Å². The molecule has 1 aliphatic heterocycles. The number of rotatable bonds is 5. The number of aliphatic carboxylic acids is 1. The first-order valence-electron chi connectivity index (χ1n) is 7.55. The van der Waals surface area contributed by atoms with E-state index < -0.39 is 24.2 Å². The van der Waals surface area contributed by atoms with Gasteiger partial charge in [0.1, 0.15) is 12.1 Å². The van der Waals surface area contributed by atoms with Crippen molar-refractivity contribution in [2.24, 2.45) is 0 Å². The monoisotopic (exact) mass is 313 g/mol. The molecule has 0 amide bonds. The van der Waals surface area contributed by atoms with Crippen LogP contribution in [0.15, 0.2) is 54.6 Å². The molecule has 0 aromatic heterocycles. The molecule has 0 aliphatic carbocycles. The van der Waals surface area contributed by atoms with E-state index in [0.717, 1.165) is 16.7 Å². The predicted octanol–water partition coefficient (Wildman–Crippen LogP) is 1.66. The molecule has 5 heteroatoms. The zero-order chi connectivity index (χ0) is 16.2. The van der Waals surface area contributed by atoms with Gasteiger partial charge in [0.2, 0.25) is 0 Å². The second kappa shape index (κ2) is 6.91. The number of carboxylic acid groups (broad SMARTS) is 1. The molecule has 0 spiro atoms. The van der Waals surface area contributed by atoms with Gasteiger partial charge in [-0.05, 0) is 22.8 Å². The summed E-state index contributed by atoms with van der Waals surface area (Å²) in [4.78, 5) is 11.0. The average molecular weight is 313 g/mol. The molecule has 1 aliphatic rings. The molecule has 2 aromatic rings.